The summed E-state index contributed by atoms with van der Waals surface area (Å²) in [7, 11) is 0. The number of hydrogen-bond acceptors (Lipinski definition) is 3. The molecule has 2 heterocycles. The second-order valence-electron chi connectivity index (χ2n) is 6.32. The molecule has 2 aliphatic heterocycles. The van der Waals surface area contributed by atoms with Gasteiger partial charge in [0.25, 0.3) is 0 Å². The number of carbonyl (C=O) groups is 1. The summed E-state index contributed by atoms with van der Waals surface area (Å²) in [5, 5.41) is 7.46. The van der Waals surface area contributed by atoms with Crippen LogP contribution < -0.4 is 10.6 Å². The fourth-order valence-electron chi connectivity index (χ4n) is 3.32. The molecule has 0 aromatic heterocycles. The minimum Gasteiger partial charge on any atom is -0.357 e. The van der Waals surface area contributed by atoms with Gasteiger partial charge in [-0.1, -0.05) is 6.92 Å². The third kappa shape index (κ3) is 5.90. The summed E-state index contributed by atoms with van der Waals surface area (Å²) in [6.45, 7) is 7.86. The lowest BCUT2D eigenvalue weighted by atomic mass is 10.1. The Morgan fingerprint density at radius 1 is 1.39 bits per heavy atom. The number of amides is 1. The monoisotopic (exact) mass is 340 g/mol. The largest absolute Gasteiger partial charge is 0.357 e. The van der Waals surface area contributed by atoms with Crippen molar-refractivity contribution >= 4 is 23.6 Å². The van der Waals surface area contributed by atoms with Crippen LogP contribution >= 0.6 is 11.8 Å². The highest BCUT2D eigenvalue weighted by atomic mass is 32.2. The lowest BCUT2D eigenvalue weighted by Crippen LogP contribution is -2.42. The highest BCUT2D eigenvalue weighted by molar-refractivity contribution is 8.00. The normalized spacial score (nSPS) is 23.4. The van der Waals surface area contributed by atoms with Crippen LogP contribution in [0.25, 0.3) is 0 Å². The van der Waals surface area contributed by atoms with Crippen LogP contribution in [-0.4, -0.2) is 60.0 Å². The van der Waals surface area contributed by atoms with E-state index in [1.165, 1.54) is 18.6 Å². The van der Waals surface area contributed by atoms with Gasteiger partial charge in [-0.05, 0) is 44.8 Å². The molecule has 1 amide bonds. The average Bonchev–Trinajstić information content (AvgIpc) is 3.21. The summed E-state index contributed by atoms with van der Waals surface area (Å²) < 4.78 is 0. The number of aliphatic imine (C=N–C) groups is 1. The molecule has 0 aromatic rings. The minimum atomic E-state index is 0.329. The van der Waals surface area contributed by atoms with Crippen molar-refractivity contribution in [2.75, 3.05) is 31.9 Å². The standard InChI is InChI=1S/C17H32N4OS/c1-3-14(21-11-5-8-16(21)22)9-10-19-17(18-4-2)20-13-15-7-6-12-23-15/h14-15H,3-13H2,1-2H3,(H2,18,19,20). The van der Waals surface area contributed by atoms with Gasteiger partial charge in [0, 0.05) is 37.3 Å². The topological polar surface area (TPSA) is 56.7 Å². The van der Waals surface area contributed by atoms with E-state index in [2.05, 4.69) is 29.4 Å². The number of nitrogens with zero attached hydrogens (tertiary/aromatic N) is 2. The number of carbonyl (C=O) groups excluding carboxylic acids is 1. The Kier molecular flexibility index (Phi) is 8.06. The van der Waals surface area contributed by atoms with E-state index < -0.39 is 0 Å². The molecule has 2 aliphatic rings. The van der Waals surface area contributed by atoms with Crippen molar-refractivity contribution in [1.82, 2.24) is 15.5 Å². The Morgan fingerprint density at radius 2 is 2.26 bits per heavy atom. The average molecular weight is 341 g/mol. The van der Waals surface area contributed by atoms with Crippen molar-refractivity contribution in [1.29, 1.82) is 0 Å². The molecule has 2 N–H and O–H groups in total. The fraction of sp³-hybridized carbons (Fsp3) is 0.882. The van der Waals surface area contributed by atoms with E-state index in [4.69, 9.17) is 4.99 Å². The van der Waals surface area contributed by atoms with Gasteiger partial charge in [0.1, 0.15) is 0 Å². The van der Waals surface area contributed by atoms with Gasteiger partial charge in [-0.15, -0.1) is 0 Å². The smallest absolute Gasteiger partial charge is 0.222 e. The molecule has 0 aliphatic carbocycles. The number of thioether (sulfide) groups is 1. The Hall–Kier alpha value is -0.910. The van der Waals surface area contributed by atoms with Gasteiger partial charge < -0.3 is 15.5 Å². The second kappa shape index (κ2) is 10.1. The van der Waals surface area contributed by atoms with Crippen LogP contribution in [0.2, 0.25) is 0 Å². The Bertz CT molecular complexity index is 396. The van der Waals surface area contributed by atoms with E-state index in [9.17, 15) is 4.79 Å². The van der Waals surface area contributed by atoms with E-state index in [1.807, 2.05) is 11.8 Å². The zero-order valence-electron chi connectivity index (χ0n) is 14.6. The molecular formula is C17H32N4OS. The van der Waals surface area contributed by atoms with Crippen molar-refractivity contribution in [3.05, 3.63) is 0 Å². The van der Waals surface area contributed by atoms with Crippen molar-refractivity contribution in [2.45, 2.75) is 63.7 Å². The van der Waals surface area contributed by atoms with E-state index in [1.54, 1.807) is 0 Å². The number of hydrogen-bond donors (Lipinski definition) is 2. The van der Waals surface area contributed by atoms with E-state index in [-0.39, 0.29) is 0 Å². The van der Waals surface area contributed by atoms with Crippen molar-refractivity contribution < 1.29 is 4.79 Å². The van der Waals surface area contributed by atoms with E-state index in [0.717, 1.165) is 57.8 Å². The zero-order valence-corrected chi connectivity index (χ0v) is 15.5. The Labute approximate surface area is 145 Å². The van der Waals surface area contributed by atoms with Gasteiger partial charge in [-0.2, -0.15) is 11.8 Å². The van der Waals surface area contributed by atoms with E-state index in [0.29, 0.717) is 17.2 Å². The number of guanidine groups is 1. The lowest BCUT2D eigenvalue weighted by Gasteiger charge is -2.27. The zero-order chi connectivity index (χ0) is 16.5. The summed E-state index contributed by atoms with van der Waals surface area (Å²) in [4.78, 5) is 18.7. The molecular weight excluding hydrogens is 308 g/mol. The number of likely N-dealkylation sites (tertiary alicyclic amines) is 1. The van der Waals surface area contributed by atoms with Gasteiger partial charge in [0.2, 0.25) is 5.91 Å². The Balaban J connectivity index is 1.75. The molecule has 2 atom stereocenters. The highest BCUT2D eigenvalue weighted by Crippen LogP contribution is 2.26. The molecule has 0 radical (unpaired) electrons. The summed E-state index contributed by atoms with van der Waals surface area (Å²) in [6, 6.07) is 0.366. The first-order valence-electron chi connectivity index (χ1n) is 9.17. The highest BCUT2D eigenvalue weighted by Gasteiger charge is 2.26. The molecule has 2 saturated heterocycles. The van der Waals surface area contributed by atoms with Crippen LogP contribution in [0.4, 0.5) is 0 Å². The molecule has 0 aromatic carbocycles. The van der Waals surface area contributed by atoms with Crippen LogP contribution in [0.5, 0.6) is 0 Å². The maximum Gasteiger partial charge on any atom is 0.222 e. The van der Waals surface area contributed by atoms with E-state index >= 15 is 0 Å². The van der Waals surface area contributed by atoms with Crippen LogP contribution in [0.15, 0.2) is 4.99 Å². The molecule has 2 fully saturated rings. The first kappa shape index (κ1) is 18.4. The molecule has 2 rings (SSSR count). The number of nitrogens with one attached hydrogen (secondary N) is 2. The molecule has 0 saturated carbocycles. The predicted octanol–water partition coefficient (Wildman–Crippen LogP) is 2.23. The summed E-state index contributed by atoms with van der Waals surface area (Å²) in [5.41, 5.74) is 0. The van der Waals surface area contributed by atoms with Crippen LogP contribution in [0.3, 0.4) is 0 Å². The summed E-state index contributed by atoms with van der Waals surface area (Å²) in [6.07, 6.45) is 6.39. The molecule has 0 bridgehead atoms. The maximum absolute atomic E-state index is 11.9. The van der Waals surface area contributed by atoms with Gasteiger partial charge >= 0.3 is 0 Å². The minimum absolute atomic E-state index is 0.329. The third-order valence-corrected chi connectivity index (χ3v) is 5.99. The SMILES string of the molecule is CCNC(=NCC1CCCS1)NCCC(CC)N1CCCC1=O. The Morgan fingerprint density at radius 3 is 2.87 bits per heavy atom. The molecule has 23 heavy (non-hydrogen) atoms. The van der Waals surface area contributed by atoms with Gasteiger partial charge in [0.05, 0.1) is 6.54 Å². The summed E-state index contributed by atoms with van der Waals surface area (Å²) in [5.74, 6) is 2.53. The van der Waals surface area contributed by atoms with Crippen molar-refractivity contribution in [3.8, 4) is 0 Å². The predicted molar refractivity (Wildman–Crippen MR) is 99.1 cm³/mol. The van der Waals surface area contributed by atoms with Crippen LogP contribution in [0.1, 0.15) is 52.4 Å². The molecule has 6 heteroatoms. The fourth-order valence-corrected chi connectivity index (χ4v) is 4.50. The molecule has 5 nitrogen and oxygen atoms in total. The lowest BCUT2D eigenvalue weighted by molar-refractivity contribution is -0.129. The van der Waals surface area contributed by atoms with Crippen molar-refractivity contribution in [3.63, 3.8) is 0 Å². The number of rotatable bonds is 8. The molecule has 0 spiro atoms. The van der Waals surface area contributed by atoms with Crippen LogP contribution in [0, 0.1) is 0 Å². The first-order valence-corrected chi connectivity index (χ1v) is 10.2. The van der Waals surface area contributed by atoms with Gasteiger partial charge in [-0.3, -0.25) is 9.79 Å². The summed E-state index contributed by atoms with van der Waals surface area (Å²) >= 11 is 2.05. The molecule has 132 valence electrons. The third-order valence-electron chi connectivity index (χ3n) is 4.61. The van der Waals surface area contributed by atoms with Gasteiger partial charge in [-0.25, -0.2) is 0 Å². The second-order valence-corrected chi connectivity index (χ2v) is 7.73. The molecule has 2 unspecified atom stereocenters. The maximum atomic E-state index is 11.9. The quantitative estimate of drug-likeness (QED) is 0.525. The first-order chi connectivity index (χ1) is 11.2. The van der Waals surface area contributed by atoms with Crippen LogP contribution in [-0.2, 0) is 4.79 Å². The van der Waals surface area contributed by atoms with Gasteiger partial charge in [0.15, 0.2) is 5.96 Å². The van der Waals surface area contributed by atoms with Crippen molar-refractivity contribution in [2.24, 2.45) is 4.99 Å².